The van der Waals surface area contributed by atoms with Crippen molar-refractivity contribution in [3.05, 3.63) is 53.3 Å². The third kappa shape index (κ3) is 3.05. The van der Waals surface area contributed by atoms with Crippen molar-refractivity contribution in [2.45, 2.75) is 50.6 Å². The lowest BCUT2D eigenvalue weighted by molar-refractivity contribution is -0.134. The molecule has 5 nitrogen and oxygen atoms in total. The van der Waals surface area contributed by atoms with Crippen molar-refractivity contribution < 1.29 is 4.79 Å². The van der Waals surface area contributed by atoms with Crippen molar-refractivity contribution >= 4 is 5.91 Å². The van der Waals surface area contributed by atoms with Crippen LogP contribution in [0.4, 0.5) is 0 Å². The number of aryl methyl sites for hydroxylation is 1. The maximum absolute atomic E-state index is 13.5. The fraction of sp³-hybridized carbons (Fsp3) is 0.524. The average Bonchev–Trinajstić information content (AvgIpc) is 3.27. The van der Waals surface area contributed by atoms with Crippen molar-refractivity contribution in [2.24, 2.45) is 7.05 Å². The number of amides is 1. The molecule has 1 aromatic heterocycles. The molecular weight excluding hydrogens is 324 g/mol. The number of nitrogens with zero attached hydrogens (tertiary/aromatic N) is 3. The standard InChI is InChI=1S/C21H28N4O/c1-16(19-14-22-24(2)15-19)23-20(26)21(25-10-6-3-7-11-25)12-17-8-4-5-9-18(17)13-21/h4-5,8-9,14-16H,3,6-7,10-13H2,1-2H3,(H,23,26). The molecule has 1 aliphatic carbocycles. The number of hydrogen-bond donors (Lipinski definition) is 1. The molecule has 1 amide bonds. The molecule has 1 aliphatic heterocycles. The summed E-state index contributed by atoms with van der Waals surface area (Å²) in [6, 6.07) is 8.49. The summed E-state index contributed by atoms with van der Waals surface area (Å²) in [5.41, 5.74) is 3.25. The number of benzene rings is 1. The molecule has 138 valence electrons. The highest BCUT2D eigenvalue weighted by molar-refractivity contribution is 5.88. The topological polar surface area (TPSA) is 50.2 Å². The molecule has 2 aromatic rings. The molecule has 2 aliphatic rings. The summed E-state index contributed by atoms with van der Waals surface area (Å²) in [7, 11) is 1.90. The maximum Gasteiger partial charge on any atom is 0.241 e. The minimum atomic E-state index is -0.444. The van der Waals surface area contributed by atoms with E-state index in [1.54, 1.807) is 4.68 Å². The first-order chi connectivity index (χ1) is 12.6. The molecule has 0 spiro atoms. The van der Waals surface area contributed by atoms with Crippen molar-refractivity contribution in [1.29, 1.82) is 0 Å². The summed E-state index contributed by atoms with van der Waals surface area (Å²) in [6.45, 7) is 4.08. The molecule has 0 saturated carbocycles. The Bertz CT molecular complexity index is 766. The molecule has 1 N–H and O–H groups in total. The van der Waals surface area contributed by atoms with Gasteiger partial charge in [0.05, 0.1) is 12.2 Å². The average molecular weight is 352 g/mol. The van der Waals surface area contributed by atoms with Gasteiger partial charge in [0.2, 0.25) is 5.91 Å². The highest BCUT2D eigenvalue weighted by Crippen LogP contribution is 2.37. The van der Waals surface area contributed by atoms with Gasteiger partial charge < -0.3 is 5.32 Å². The number of rotatable bonds is 4. The third-order valence-electron chi connectivity index (χ3n) is 6.04. The SMILES string of the molecule is CC(NC(=O)C1(N2CCCCC2)Cc2ccccc2C1)c1cnn(C)c1. The van der Waals surface area contributed by atoms with Crippen LogP contribution in [0.25, 0.3) is 0 Å². The largest absolute Gasteiger partial charge is 0.348 e. The summed E-state index contributed by atoms with van der Waals surface area (Å²) in [5, 5.41) is 7.53. The third-order valence-corrected chi connectivity index (χ3v) is 6.04. The zero-order valence-corrected chi connectivity index (χ0v) is 15.7. The van der Waals surface area contributed by atoms with E-state index in [1.165, 1.54) is 30.4 Å². The molecule has 4 rings (SSSR count). The number of aromatic nitrogens is 2. The van der Waals surface area contributed by atoms with Gasteiger partial charge in [-0.2, -0.15) is 5.10 Å². The van der Waals surface area contributed by atoms with Crippen LogP contribution in [-0.4, -0.2) is 39.2 Å². The number of likely N-dealkylation sites (tertiary alicyclic amines) is 1. The van der Waals surface area contributed by atoms with Crippen LogP contribution in [0.5, 0.6) is 0 Å². The van der Waals surface area contributed by atoms with Gasteiger partial charge in [0.25, 0.3) is 0 Å². The van der Waals surface area contributed by atoms with Crippen LogP contribution < -0.4 is 5.32 Å². The lowest BCUT2D eigenvalue weighted by Gasteiger charge is -2.42. The summed E-state index contributed by atoms with van der Waals surface area (Å²) >= 11 is 0. The fourth-order valence-electron chi connectivity index (χ4n) is 4.52. The van der Waals surface area contributed by atoms with E-state index in [9.17, 15) is 4.79 Å². The van der Waals surface area contributed by atoms with Crippen LogP contribution >= 0.6 is 0 Å². The van der Waals surface area contributed by atoms with E-state index in [2.05, 4.69) is 39.6 Å². The van der Waals surface area contributed by atoms with E-state index in [0.717, 1.165) is 31.5 Å². The second-order valence-corrected chi connectivity index (χ2v) is 7.84. The van der Waals surface area contributed by atoms with Gasteiger partial charge in [0.15, 0.2) is 0 Å². The van der Waals surface area contributed by atoms with Gasteiger partial charge in [-0.15, -0.1) is 0 Å². The second kappa shape index (κ2) is 6.88. The number of piperidine rings is 1. The van der Waals surface area contributed by atoms with Crippen LogP contribution in [0.1, 0.15) is 48.9 Å². The quantitative estimate of drug-likeness (QED) is 0.920. The molecule has 1 unspecified atom stereocenters. The van der Waals surface area contributed by atoms with Gasteiger partial charge in [0.1, 0.15) is 5.54 Å². The Morgan fingerprint density at radius 2 is 1.81 bits per heavy atom. The number of carbonyl (C=O) groups is 1. The van der Waals surface area contributed by atoms with E-state index in [0.29, 0.717) is 0 Å². The number of carbonyl (C=O) groups excluding carboxylic acids is 1. The van der Waals surface area contributed by atoms with Gasteiger partial charge in [-0.05, 0) is 44.0 Å². The number of fused-ring (bicyclic) bond motifs is 1. The first kappa shape index (κ1) is 17.3. The lowest BCUT2D eigenvalue weighted by atomic mass is 9.89. The minimum Gasteiger partial charge on any atom is -0.348 e. The monoisotopic (exact) mass is 352 g/mol. The molecule has 1 fully saturated rings. The van der Waals surface area contributed by atoms with Gasteiger partial charge in [0, 0.05) is 31.6 Å². The Morgan fingerprint density at radius 1 is 1.15 bits per heavy atom. The van der Waals surface area contributed by atoms with Crippen molar-refractivity contribution in [2.75, 3.05) is 13.1 Å². The normalized spacial score (nSPS) is 20.5. The zero-order chi connectivity index (χ0) is 18.1. The van der Waals surface area contributed by atoms with Crippen LogP contribution in [0, 0.1) is 0 Å². The van der Waals surface area contributed by atoms with Crippen molar-refractivity contribution in [1.82, 2.24) is 20.0 Å². The van der Waals surface area contributed by atoms with E-state index < -0.39 is 5.54 Å². The zero-order valence-electron chi connectivity index (χ0n) is 15.7. The van der Waals surface area contributed by atoms with E-state index in [-0.39, 0.29) is 11.9 Å². The second-order valence-electron chi connectivity index (χ2n) is 7.84. The summed E-state index contributed by atoms with van der Waals surface area (Å²) in [5.74, 6) is 0.159. The molecule has 2 heterocycles. The smallest absolute Gasteiger partial charge is 0.241 e. The first-order valence-corrected chi connectivity index (χ1v) is 9.70. The molecule has 1 aromatic carbocycles. The maximum atomic E-state index is 13.5. The van der Waals surface area contributed by atoms with Crippen LogP contribution in [0.15, 0.2) is 36.7 Å². The predicted molar refractivity (Wildman–Crippen MR) is 102 cm³/mol. The number of hydrogen-bond acceptors (Lipinski definition) is 3. The van der Waals surface area contributed by atoms with E-state index >= 15 is 0 Å². The Morgan fingerprint density at radius 3 is 2.38 bits per heavy atom. The molecule has 26 heavy (non-hydrogen) atoms. The van der Waals surface area contributed by atoms with Crippen molar-refractivity contribution in [3.8, 4) is 0 Å². The van der Waals surface area contributed by atoms with Crippen molar-refractivity contribution in [3.63, 3.8) is 0 Å². The predicted octanol–water partition coefficient (Wildman–Crippen LogP) is 2.62. The summed E-state index contributed by atoms with van der Waals surface area (Å²) in [6.07, 6.45) is 9.08. The molecule has 0 bridgehead atoms. The van der Waals surface area contributed by atoms with Crippen LogP contribution in [0.3, 0.4) is 0 Å². The van der Waals surface area contributed by atoms with Gasteiger partial charge >= 0.3 is 0 Å². The Balaban J connectivity index is 1.60. The minimum absolute atomic E-state index is 0.0402. The molecule has 1 saturated heterocycles. The lowest BCUT2D eigenvalue weighted by Crippen LogP contribution is -2.61. The summed E-state index contributed by atoms with van der Waals surface area (Å²) < 4.78 is 1.78. The number of nitrogens with one attached hydrogen (secondary N) is 1. The fourth-order valence-corrected chi connectivity index (χ4v) is 4.52. The molecular formula is C21H28N4O. The highest BCUT2D eigenvalue weighted by atomic mass is 16.2. The van der Waals surface area contributed by atoms with Gasteiger partial charge in [-0.25, -0.2) is 0 Å². The molecule has 5 heteroatoms. The Kier molecular flexibility index (Phi) is 4.57. The van der Waals surface area contributed by atoms with Gasteiger partial charge in [-0.1, -0.05) is 30.7 Å². The molecule has 1 atom stereocenters. The Hall–Kier alpha value is -2.14. The van der Waals surface area contributed by atoms with E-state index in [1.807, 2.05) is 26.4 Å². The van der Waals surface area contributed by atoms with Gasteiger partial charge in [-0.3, -0.25) is 14.4 Å². The van der Waals surface area contributed by atoms with Crippen LogP contribution in [-0.2, 0) is 24.7 Å². The highest BCUT2D eigenvalue weighted by Gasteiger charge is 2.48. The van der Waals surface area contributed by atoms with E-state index in [4.69, 9.17) is 0 Å². The van der Waals surface area contributed by atoms with Crippen LogP contribution in [0.2, 0.25) is 0 Å². The Labute approximate surface area is 155 Å². The summed E-state index contributed by atoms with van der Waals surface area (Å²) in [4.78, 5) is 16.0. The first-order valence-electron chi connectivity index (χ1n) is 9.70. The molecule has 0 radical (unpaired) electrons.